The van der Waals surface area contributed by atoms with Gasteiger partial charge in [-0.1, -0.05) is 30.3 Å². The van der Waals surface area contributed by atoms with E-state index in [1.54, 1.807) is 0 Å². The van der Waals surface area contributed by atoms with Crippen molar-refractivity contribution in [2.24, 2.45) is 11.8 Å². The second-order valence-electron chi connectivity index (χ2n) is 6.11. The number of nitrogens with one attached hydrogen (secondary N) is 1. The minimum Gasteiger partial charge on any atom is -0.355 e. The summed E-state index contributed by atoms with van der Waals surface area (Å²) in [6.45, 7) is -0.0261. The lowest BCUT2D eigenvalue weighted by Gasteiger charge is -2.23. The molecule has 2 atom stereocenters. The minimum atomic E-state index is -4.56. The highest BCUT2D eigenvalue weighted by Crippen LogP contribution is 2.35. The average Bonchev–Trinajstić information content (AvgIpc) is 3.02. The Labute approximate surface area is 151 Å². The first-order valence-electron chi connectivity index (χ1n) is 7.98. The molecule has 1 saturated heterocycles. The van der Waals surface area contributed by atoms with E-state index in [9.17, 15) is 27.2 Å². The summed E-state index contributed by atoms with van der Waals surface area (Å²) in [6.07, 6.45) is -4.56. The van der Waals surface area contributed by atoms with Crippen LogP contribution in [0.5, 0.6) is 0 Å². The molecular formula is C18H15F4N3O2. The number of halogens is 4. The SMILES string of the molecule is NN(C(=O)C1C(=O)NCC1c1cccc(C(F)(F)F)c1)c1ccccc1F. The van der Waals surface area contributed by atoms with Crippen LogP contribution in [0.2, 0.25) is 0 Å². The van der Waals surface area contributed by atoms with Crippen molar-refractivity contribution in [1.82, 2.24) is 5.32 Å². The maximum Gasteiger partial charge on any atom is 0.416 e. The van der Waals surface area contributed by atoms with Gasteiger partial charge in [0, 0.05) is 12.5 Å². The van der Waals surface area contributed by atoms with E-state index in [1.807, 2.05) is 0 Å². The van der Waals surface area contributed by atoms with Gasteiger partial charge in [-0.2, -0.15) is 13.2 Å². The summed E-state index contributed by atoms with van der Waals surface area (Å²) in [4.78, 5) is 24.9. The summed E-state index contributed by atoms with van der Waals surface area (Å²) in [5.74, 6) is 1.15. The first kappa shape index (κ1) is 18.8. The molecule has 0 radical (unpaired) electrons. The first-order chi connectivity index (χ1) is 12.7. The molecule has 1 aliphatic rings. The summed E-state index contributed by atoms with van der Waals surface area (Å²) in [5.41, 5.74) is -0.947. The largest absolute Gasteiger partial charge is 0.416 e. The van der Waals surface area contributed by atoms with Gasteiger partial charge in [-0.25, -0.2) is 15.2 Å². The first-order valence-corrected chi connectivity index (χ1v) is 7.98. The van der Waals surface area contributed by atoms with Gasteiger partial charge < -0.3 is 5.32 Å². The Morgan fingerprint density at radius 1 is 1.15 bits per heavy atom. The molecule has 0 saturated carbocycles. The van der Waals surface area contributed by atoms with Crippen molar-refractivity contribution in [3.63, 3.8) is 0 Å². The number of carbonyl (C=O) groups is 2. The third-order valence-corrected chi connectivity index (χ3v) is 4.44. The molecule has 3 N–H and O–H groups in total. The summed E-state index contributed by atoms with van der Waals surface area (Å²) in [5, 5.41) is 2.98. The van der Waals surface area contributed by atoms with Crippen LogP contribution in [-0.2, 0) is 15.8 Å². The molecule has 2 aromatic carbocycles. The highest BCUT2D eigenvalue weighted by Gasteiger charge is 2.44. The molecule has 1 fully saturated rings. The van der Waals surface area contributed by atoms with Crippen molar-refractivity contribution in [3.05, 3.63) is 65.5 Å². The molecule has 0 bridgehead atoms. The van der Waals surface area contributed by atoms with Crippen LogP contribution in [-0.4, -0.2) is 18.4 Å². The fourth-order valence-electron chi connectivity index (χ4n) is 3.08. The molecule has 0 aromatic heterocycles. The number of nitrogens with zero attached hydrogens (tertiary/aromatic N) is 1. The van der Waals surface area contributed by atoms with Gasteiger partial charge >= 0.3 is 6.18 Å². The lowest BCUT2D eigenvalue weighted by molar-refractivity contribution is -0.137. The number of amides is 2. The summed E-state index contributed by atoms with van der Waals surface area (Å²) in [6, 6.07) is 9.65. The molecule has 9 heteroatoms. The van der Waals surface area contributed by atoms with Crippen LogP contribution < -0.4 is 16.2 Å². The van der Waals surface area contributed by atoms with Gasteiger partial charge in [-0.3, -0.25) is 9.59 Å². The standard InChI is InChI=1S/C18H15F4N3O2/c19-13-6-1-2-7-14(13)25(23)17(27)15-12(9-24-16(15)26)10-4-3-5-11(8-10)18(20,21)22/h1-8,12,15H,9,23H2,(H,24,26). The number of alkyl halides is 3. The number of hydrazine groups is 1. The molecular weight excluding hydrogens is 366 g/mol. The van der Waals surface area contributed by atoms with Gasteiger partial charge in [0.05, 0.1) is 11.3 Å². The van der Waals surface area contributed by atoms with Gasteiger partial charge in [0.25, 0.3) is 5.91 Å². The molecule has 0 aliphatic carbocycles. The van der Waals surface area contributed by atoms with Crippen LogP contribution in [0.25, 0.3) is 0 Å². The Hall–Kier alpha value is -2.94. The number of carbonyl (C=O) groups excluding carboxylic acids is 2. The number of para-hydroxylation sites is 1. The maximum absolute atomic E-state index is 13.9. The van der Waals surface area contributed by atoms with Crippen molar-refractivity contribution >= 4 is 17.5 Å². The van der Waals surface area contributed by atoms with E-state index in [0.717, 1.165) is 18.2 Å². The highest BCUT2D eigenvalue weighted by atomic mass is 19.4. The van der Waals surface area contributed by atoms with Crippen LogP contribution >= 0.6 is 0 Å². The molecule has 2 unspecified atom stereocenters. The fourth-order valence-corrected chi connectivity index (χ4v) is 3.08. The number of hydrogen-bond acceptors (Lipinski definition) is 3. The summed E-state index contributed by atoms with van der Waals surface area (Å²) >= 11 is 0. The lowest BCUT2D eigenvalue weighted by Crippen LogP contribution is -2.45. The fraction of sp³-hybridized carbons (Fsp3) is 0.222. The van der Waals surface area contributed by atoms with E-state index in [2.05, 4.69) is 5.32 Å². The number of nitrogens with two attached hydrogens (primary N) is 1. The van der Waals surface area contributed by atoms with Gasteiger partial charge in [0.1, 0.15) is 11.7 Å². The van der Waals surface area contributed by atoms with Crippen molar-refractivity contribution in [2.45, 2.75) is 12.1 Å². The predicted octanol–water partition coefficient (Wildman–Crippen LogP) is 2.58. The molecule has 2 aromatic rings. The van der Waals surface area contributed by atoms with E-state index in [-0.39, 0.29) is 17.8 Å². The monoisotopic (exact) mass is 381 g/mol. The Morgan fingerprint density at radius 3 is 2.52 bits per heavy atom. The smallest absolute Gasteiger partial charge is 0.355 e. The Kier molecular flexibility index (Phi) is 4.88. The zero-order valence-electron chi connectivity index (χ0n) is 13.8. The molecule has 1 aliphatic heterocycles. The van der Waals surface area contributed by atoms with E-state index < -0.39 is 41.2 Å². The predicted molar refractivity (Wildman–Crippen MR) is 88.8 cm³/mol. The second-order valence-corrected chi connectivity index (χ2v) is 6.11. The third kappa shape index (κ3) is 3.63. The molecule has 1 heterocycles. The number of anilines is 1. The number of benzene rings is 2. The Bertz CT molecular complexity index is 885. The van der Waals surface area contributed by atoms with E-state index in [4.69, 9.17) is 5.84 Å². The van der Waals surface area contributed by atoms with Crippen LogP contribution in [0.4, 0.5) is 23.2 Å². The number of hydrogen-bond donors (Lipinski definition) is 2. The molecule has 0 spiro atoms. The average molecular weight is 381 g/mol. The summed E-state index contributed by atoms with van der Waals surface area (Å²) in [7, 11) is 0. The molecule has 5 nitrogen and oxygen atoms in total. The molecule has 27 heavy (non-hydrogen) atoms. The Morgan fingerprint density at radius 2 is 1.85 bits per heavy atom. The van der Waals surface area contributed by atoms with Crippen LogP contribution in [0, 0.1) is 11.7 Å². The van der Waals surface area contributed by atoms with Crippen molar-refractivity contribution in [1.29, 1.82) is 0 Å². The van der Waals surface area contributed by atoms with Gasteiger partial charge in [-0.05, 0) is 23.8 Å². The van der Waals surface area contributed by atoms with E-state index in [0.29, 0.717) is 5.01 Å². The normalized spacial score (nSPS) is 19.7. The summed E-state index contributed by atoms with van der Waals surface area (Å²) < 4.78 is 52.8. The number of rotatable bonds is 3. The van der Waals surface area contributed by atoms with Crippen LogP contribution in [0.1, 0.15) is 17.0 Å². The van der Waals surface area contributed by atoms with Crippen molar-refractivity contribution in [2.75, 3.05) is 11.6 Å². The minimum absolute atomic E-state index is 0.0261. The third-order valence-electron chi connectivity index (χ3n) is 4.44. The van der Waals surface area contributed by atoms with Crippen LogP contribution in [0.15, 0.2) is 48.5 Å². The van der Waals surface area contributed by atoms with E-state index >= 15 is 0 Å². The second kappa shape index (κ2) is 6.99. The van der Waals surface area contributed by atoms with Crippen LogP contribution in [0.3, 0.4) is 0 Å². The van der Waals surface area contributed by atoms with Crippen molar-refractivity contribution < 1.29 is 27.2 Å². The van der Waals surface area contributed by atoms with E-state index in [1.165, 1.54) is 30.3 Å². The topological polar surface area (TPSA) is 75.4 Å². The van der Waals surface area contributed by atoms with Gasteiger partial charge in [0.15, 0.2) is 0 Å². The van der Waals surface area contributed by atoms with Crippen molar-refractivity contribution in [3.8, 4) is 0 Å². The zero-order chi connectivity index (χ0) is 19.8. The Balaban J connectivity index is 1.93. The zero-order valence-corrected chi connectivity index (χ0v) is 13.8. The molecule has 2 amide bonds. The quantitative estimate of drug-likeness (QED) is 0.282. The van der Waals surface area contributed by atoms with Gasteiger partial charge in [0.2, 0.25) is 5.91 Å². The molecule has 142 valence electrons. The highest BCUT2D eigenvalue weighted by molar-refractivity contribution is 6.09. The molecule has 3 rings (SSSR count). The lowest BCUT2D eigenvalue weighted by atomic mass is 9.87. The maximum atomic E-state index is 13.9. The van der Waals surface area contributed by atoms with Gasteiger partial charge in [-0.15, -0.1) is 0 Å².